The summed E-state index contributed by atoms with van der Waals surface area (Å²) in [7, 11) is 0. The SMILES string of the molecule is OOOCCCCCCCOOO. The molecule has 13 heavy (non-hydrogen) atoms. The Morgan fingerprint density at radius 3 is 1.38 bits per heavy atom. The molecule has 0 aromatic carbocycles. The molecule has 0 amide bonds. The van der Waals surface area contributed by atoms with E-state index >= 15 is 0 Å². The average Bonchev–Trinajstić information content (AvgIpc) is 2.16. The van der Waals surface area contributed by atoms with Gasteiger partial charge in [-0.15, -0.1) is 0 Å². The van der Waals surface area contributed by atoms with Crippen molar-refractivity contribution in [3.63, 3.8) is 0 Å². The largest absolute Gasteiger partial charge is 0.221 e. The maximum atomic E-state index is 7.79. The number of unbranched alkanes of at least 4 members (excludes halogenated alkanes) is 4. The first-order valence-electron chi connectivity index (χ1n) is 4.28. The third-order valence-corrected chi connectivity index (χ3v) is 1.56. The molecule has 0 aromatic heterocycles. The molecular formula is C7H16O6. The maximum absolute atomic E-state index is 7.79. The van der Waals surface area contributed by atoms with Crippen LogP contribution in [0.4, 0.5) is 0 Å². The van der Waals surface area contributed by atoms with Gasteiger partial charge in [-0.3, -0.25) is 0 Å². The molecule has 0 radical (unpaired) electrons. The van der Waals surface area contributed by atoms with Crippen LogP contribution in [0.25, 0.3) is 0 Å². The second-order valence-corrected chi connectivity index (χ2v) is 2.56. The fourth-order valence-electron chi connectivity index (χ4n) is 0.927. The van der Waals surface area contributed by atoms with Crippen LogP contribution in [-0.4, -0.2) is 23.7 Å². The van der Waals surface area contributed by atoms with Crippen LogP contribution in [0.15, 0.2) is 0 Å². The summed E-state index contributed by atoms with van der Waals surface area (Å²) in [6.45, 7) is 0.791. The van der Waals surface area contributed by atoms with Gasteiger partial charge >= 0.3 is 0 Å². The molecule has 0 aromatic rings. The van der Waals surface area contributed by atoms with Gasteiger partial charge in [0.25, 0.3) is 0 Å². The Hall–Kier alpha value is -0.240. The topological polar surface area (TPSA) is 77.4 Å². The molecule has 0 saturated heterocycles. The van der Waals surface area contributed by atoms with E-state index in [1.165, 1.54) is 0 Å². The molecule has 0 aliphatic heterocycles. The highest BCUT2D eigenvalue weighted by Crippen LogP contribution is 2.03. The van der Waals surface area contributed by atoms with Crippen molar-refractivity contribution < 1.29 is 30.4 Å². The number of rotatable bonds is 10. The average molecular weight is 196 g/mol. The zero-order chi connectivity index (χ0) is 9.78. The molecular weight excluding hydrogens is 180 g/mol. The quantitative estimate of drug-likeness (QED) is 0.315. The van der Waals surface area contributed by atoms with Crippen molar-refractivity contribution in [3.8, 4) is 0 Å². The third-order valence-electron chi connectivity index (χ3n) is 1.56. The number of hydrogen-bond donors (Lipinski definition) is 2. The molecule has 80 valence electrons. The summed E-state index contributed by atoms with van der Waals surface area (Å²) in [5.41, 5.74) is 0. The van der Waals surface area contributed by atoms with Gasteiger partial charge in [0, 0.05) is 0 Å². The normalized spacial score (nSPS) is 10.6. The van der Waals surface area contributed by atoms with Gasteiger partial charge in [-0.1, -0.05) is 29.3 Å². The second-order valence-electron chi connectivity index (χ2n) is 2.56. The van der Waals surface area contributed by atoms with Crippen LogP contribution in [0.3, 0.4) is 0 Å². The molecule has 0 rings (SSSR count). The molecule has 6 heteroatoms. The highest BCUT2D eigenvalue weighted by atomic mass is 17.5. The Kier molecular flexibility index (Phi) is 11.5. The van der Waals surface area contributed by atoms with Crippen molar-refractivity contribution in [2.45, 2.75) is 32.1 Å². The lowest BCUT2D eigenvalue weighted by molar-refractivity contribution is -0.491. The van der Waals surface area contributed by atoms with E-state index in [0.29, 0.717) is 13.2 Å². The van der Waals surface area contributed by atoms with E-state index in [0.717, 1.165) is 32.1 Å². The molecule has 0 bridgehead atoms. The summed E-state index contributed by atoms with van der Waals surface area (Å²) in [6, 6.07) is 0. The summed E-state index contributed by atoms with van der Waals surface area (Å²) in [5.74, 6) is 0. The summed E-state index contributed by atoms with van der Waals surface area (Å²) in [6.07, 6.45) is 4.74. The van der Waals surface area contributed by atoms with Crippen LogP contribution in [-0.2, 0) is 19.9 Å². The summed E-state index contributed by atoms with van der Waals surface area (Å²) in [5, 5.41) is 22.5. The summed E-state index contributed by atoms with van der Waals surface area (Å²) < 4.78 is 0. The van der Waals surface area contributed by atoms with Gasteiger partial charge in [0.1, 0.15) is 0 Å². The predicted octanol–water partition coefficient (Wildman–Crippen LogP) is 1.78. The van der Waals surface area contributed by atoms with Crippen molar-refractivity contribution in [2.75, 3.05) is 13.2 Å². The monoisotopic (exact) mass is 196 g/mol. The lowest BCUT2D eigenvalue weighted by Crippen LogP contribution is -1.95. The fourth-order valence-corrected chi connectivity index (χ4v) is 0.927. The minimum atomic E-state index is 0.396. The molecule has 0 heterocycles. The second kappa shape index (κ2) is 11.8. The van der Waals surface area contributed by atoms with Gasteiger partial charge in [0.15, 0.2) is 0 Å². The van der Waals surface area contributed by atoms with Crippen LogP contribution in [0.2, 0.25) is 0 Å². The molecule has 0 unspecified atom stereocenters. The first kappa shape index (κ1) is 12.8. The molecule has 0 spiro atoms. The van der Waals surface area contributed by atoms with Crippen molar-refractivity contribution in [1.82, 2.24) is 0 Å². The van der Waals surface area contributed by atoms with Crippen LogP contribution in [0.1, 0.15) is 32.1 Å². The molecule has 0 atom stereocenters. The Balaban J connectivity index is 2.76. The van der Waals surface area contributed by atoms with E-state index in [-0.39, 0.29) is 0 Å². The lowest BCUT2D eigenvalue weighted by atomic mass is 10.1. The van der Waals surface area contributed by atoms with Crippen molar-refractivity contribution in [1.29, 1.82) is 0 Å². The van der Waals surface area contributed by atoms with Gasteiger partial charge in [-0.2, -0.15) is 0 Å². The van der Waals surface area contributed by atoms with Crippen molar-refractivity contribution in [2.24, 2.45) is 0 Å². The van der Waals surface area contributed by atoms with E-state index in [2.05, 4.69) is 19.9 Å². The standard InChI is InChI=1S/C7H16O6/c8-12-10-6-4-2-1-3-5-7-11-13-9/h8-9H,1-7H2. The molecule has 0 saturated carbocycles. The van der Waals surface area contributed by atoms with Gasteiger partial charge in [0.2, 0.25) is 0 Å². The Morgan fingerprint density at radius 2 is 1.00 bits per heavy atom. The van der Waals surface area contributed by atoms with Crippen LogP contribution < -0.4 is 0 Å². The van der Waals surface area contributed by atoms with Gasteiger partial charge in [0.05, 0.1) is 13.2 Å². The molecule has 2 N–H and O–H groups in total. The predicted molar refractivity (Wildman–Crippen MR) is 42.4 cm³/mol. The van der Waals surface area contributed by atoms with E-state index in [1.54, 1.807) is 0 Å². The molecule has 0 aliphatic rings. The Bertz CT molecular complexity index is 79.1. The minimum Gasteiger partial charge on any atom is -0.221 e. The van der Waals surface area contributed by atoms with Gasteiger partial charge < -0.3 is 0 Å². The van der Waals surface area contributed by atoms with Crippen LogP contribution in [0, 0.1) is 0 Å². The van der Waals surface area contributed by atoms with E-state index < -0.39 is 0 Å². The summed E-state index contributed by atoms with van der Waals surface area (Å²) >= 11 is 0. The highest BCUT2D eigenvalue weighted by molar-refractivity contribution is 4.42. The first-order valence-corrected chi connectivity index (χ1v) is 4.28. The smallest absolute Gasteiger partial charge is 0.0853 e. The van der Waals surface area contributed by atoms with Crippen LogP contribution in [0.5, 0.6) is 0 Å². The van der Waals surface area contributed by atoms with E-state index in [4.69, 9.17) is 10.5 Å². The van der Waals surface area contributed by atoms with Crippen molar-refractivity contribution >= 4 is 0 Å². The zero-order valence-corrected chi connectivity index (χ0v) is 7.48. The first-order chi connectivity index (χ1) is 6.41. The maximum Gasteiger partial charge on any atom is 0.0853 e. The Morgan fingerprint density at radius 1 is 0.615 bits per heavy atom. The van der Waals surface area contributed by atoms with E-state index in [9.17, 15) is 0 Å². The fraction of sp³-hybridized carbons (Fsp3) is 1.00. The molecule has 0 fully saturated rings. The highest BCUT2D eigenvalue weighted by Gasteiger charge is 1.92. The molecule has 6 nitrogen and oxygen atoms in total. The summed E-state index contributed by atoms with van der Waals surface area (Å²) in [4.78, 5) is 8.51. The van der Waals surface area contributed by atoms with Crippen molar-refractivity contribution in [3.05, 3.63) is 0 Å². The van der Waals surface area contributed by atoms with Gasteiger partial charge in [-0.05, 0) is 12.8 Å². The van der Waals surface area contributed by atoms with Crippen LogP contribution >= 0.6 is 0 Å². The Labute approximate surface area is 76.7 Å². The lowest BCUT2D eigenvalue weighted by Gasteiger charge is -2.00. The number of hydrogen-bond acceptors (Lipinski definition) is 6. The van der Waals surface area contributed by atoms with Gasteiger partial charge in [-0.25, -0.2) is 20.3 Å². The third kappa shape index (κ3) is 11.8. The van der Waals surface area contributed by atoms with E-state index in [1.807, 2.05) is 0 Å². The minimum absolute atomic E-state index is 0.396. The molecule has 0 aliphatic carbocycles. The zero-order valence-electron chi connectivity index (χ0n) is 7.48.